The molecule has 0 aromatic heterocycles. The van der Waals surface area contributed by atoms with Crippen LogP contribution in [0.15, 0.2) is 18.2 Å². The second-order valence-electron chi connectivity index (χ2n) is 5.00. The molecule has 0 spiro atoms. The van der Waals surface area contributed by atoms with Crippen molar-refractivity contribution < 1.29 is 13.2 Å². The summed E-state index contributed by atoms with van der Waals surface area (Å²) in [5.74, 6) is 1.14. The molecule has 1 saturated heterocycles. The zero-order chi connectivity index (χ0) is 14.0. The molecule has 0 saturated carbocycles. The SMILES string of the molecule is Cc1ccc(C(F)(F)F)cc1NC1CCCSC1C. The van der Waals surface area contributed by atoms with Gasteiger partial charge in [0.25, 0.3) is 0 Å². The van der Waals surface area contributed by atoms with E-state index < -0.39 is 11.7 Å². The molecule has 1 aliphatic heterocycles. The van der Waals surface area contributed by atoms with Gasteiger partial charge in [0.05, 0.1) is 5.56 Å². The molecule has 1 N–H and O–H groups in total. The van der Waals surface area contributed by atoms with Gasteiger partial charge in [0.2, 0.25) is 0 Å². The van der Waals surface area contributed by atoms with Crippen LogP contribution in [-0.4, -0.2) is 17.0 Å². The van der Waals surface area contributed by atoms with Crippen LogP contribution < -0.4 is 5.32 Å². The van der Waals surface area contributed by atoms with Gasteiger partial charge >= 0.3 is 6.18 Å². The number of hydrogen-bond acceptors (Lipinski definition) is 2. The first kappa shape index (κ1) is 14.6. The van der Waals surface area contributed by atoms with Crippen LogP contribution >= 0.6 is 11.8 Å². The summed E-state index contributed by atoms with van der Waals surface area (Å²) in [6.07, 6.45) is -2.15. The summed E-state index contributed by atoms with van der Waals surface area (Å²) in [4.78, 5) is 0. The van der Waals surface area contributed by atoms with Crippen molar-refractivity contribution >= 4 is 17.4 Å². The van der Waals surface area contributed by atoms with Crippen LogP contribution in [0.4, 0.5) is 18.9 Å². The van der Waals surface area contributed by atoms with Crippen molar-refractivity contribution in [3.8, 4) is 0 Å². The summed E-state index contributed by atoms with van der Waals surface area (Å²) in [5.41, 5.74) is 0.877. The van der Waals surface area contributed by atoms with Crippen molar-refractivity contribution in [1.29, 1.82) is 0 Å². The lowest BCUT2D eigenvalue weighted by atomic mass is 10.1. The molecular formula is C14H18F3NS. The molecule has 1 fully saturated rings. The monoisotopic (exact) mass is 289 g/mol. The fraction of sp³-hybridized carbons (Fsp3) is 0.571. The summed E-state index contributed by atoms with van der Waals surface area (Å²) < 4.78 is 38.2. The van der Waals surface area contributed by atoms with Gasteiger partial charge in [-0.05, 0) is 43.2 Å². The van der Waals surface area contributed by atoms with Crippen LogP contribution in [0.1, 0.15) is 30.9 Å². The van der Waals surface area contributed by atoms with Crippen molar-refractivity contribution in [3.63, 3.8) is 0 Å². The fourth-order valence-electron chi connectivity index (χ4n) is 2.27. The highest BCUT2D eigenvalue weighted by atomic mass is 32.2. The zero-order valence-corrected chi connectivity index (χ0v) is 11.9. The van der Waals surface area contributed by atoms with Gasteiger partial charge in [0, 0.05) is 17.0 Å². The van der Waals surface area contributed by atoms with Crippen molar-refractivity contribution in [2.75, 3.05) is 11.1 Å². The zero-order valence-electron chi connectivity index (χ0n) is 11.1. The van der Waals surface area contributed by atoms with E-state index >= 15 is 0 Å². The molecule has 1 nitrogen and oxygen atoms in total. The average Bonchev–Trinajstić information content (AvgIpc) is 2.33. The number of halogens is 3. The Bertz CT molecular complexity index is 445. The molecule has 0 radical (unpaired) electrons. The Hall–Kier alpha value is -0.840. The lowest BCUT2D eigenvalue weighted by molar-refractivity contribution is -0.137. The number of hydrogen-bond donors (Lipinski definition) is 1. The maximum Gasteiger partial charge on any atom is 0.416 e. The summed E-state index contributed by atoms with van der Waals surface area (Å²) in [7, 11) is 0. The molecule has 1 heterocycles. The number of aryl methyl sites for hydroxylation is 1. The Labute approximate surface area is 116 Å². The Balaban J connectivity index is 2.19. The van der Waals surface area contributed by atoms with Gasteiger partial charge in [-0.3, -0.25) is 0 Å². The quantitative estimate of drug-likeness (QED) is 0.846. The van der Waals surface area contributed by atoms with E-state index in [-0.39, 0.29) is 6.04 Å². The predicted molar refractivity (Wildman–Crippen MR) is 74.7 cm³/mol. The standard InChI is InChI=1S/C14H18F3NS/c1-9-5-6-11(14(15,16)17)8-13(9)18-12-4-3-7-19-10(12)2/h5-6,8,10,12,18H,3-4,7H2,1-2H3. The third-order valence-electron chi connectivity index (χ3n) is 3.51. The van der Waals surface area contributed by atoms with Gasteiger partial charge in [-0.1, -0.05) is 13.0 Å². The maximum atomic E-state index is 12.7. The lowest BCUT2D eigenvalue weighted by Crippen LogP contribution is -2.33. The summed E-state index contributed by atoms with van der Waals surface area (Å²) in [6.45, 7) is 3.97. The molecule has 0 amide bonds. The molecular weight excluding hydrogens is 271 g/mol. The Morgan fingerprint density at radius 1 is 1.32 bits per heavy atom. The Kier molecular flexibility index (Phi) is 4.33. The molecule has 5 heteroatoms. The van der Waals surface area contributed by atoms with Gasteiger partial charge in [0.15, 0.2) is 0 Å². The van der Waals surface area contributed by atoms with Crippen molar-refractivity contribution in [3.05, 3.63) is 29.3 Å². The van der Waals surface area contributed by atoms with Crippen LogP contribution in [0.5, 0.6) is 0 Å². The molecule has 2 rings (SSSR count). The lowest BCUT2D eigenvalue weighted by Gasteiger charge is -2.30. The van der Waals surface area contributed by atoms with Crippen LogP contribution in [0.3, 0.4) is 0 Å². The molecule has 106 valence electrons. The molecule has 2 unspecified atom stereocenters. The number of anilines is 1. The number of rotatable bonds is 2. The van der Waals surface area contributed by atoms with Crippen LogP contribution in [0, 0.1) is 6.92 Å². The molecule has 0 bridgehead atoms. The first-order valence-corrected chi connectivity index (χ1v) is 7.49. The minimum Gasteiger partial charge on any atom is -0.381 e. The minimum atomic E-state index is -4.28. The van der Waals surface area contributed by atoms with Crippen LogP contribution in [0.25, 0.3) is 0 Å². The molecule has 2 atom stereocenters. The van der Waals surface area contributed by atoms with E-state index in [0.29, 0.717) is 10.9 Å². The molecule has 1 aliphatic rings. The number of nitrogens with one attached hydrogen (secondary N) is 1. The first-order valence-electron chi connectivity index (χ1n) is 6.44. The smallest absolute Gasteiger partial charge is 0.381 e. The van der Waals surface area contributed by atoms with E-state index in [9.17, 15) is 13.2 Å². The van der Waals surface area contributed by atoms with E-state index in [4.69, 9.17) is 0 Å². The van der Waals surface area contributed by atoms with Crippen LogP contribution in [-0.2, 0) is 6.18 Å². The topological polar surface area (TPSA) is 12.0 Å². The average molecular weight is 289 g/mol. The highest BCUT2D eigenvalue weighted by Gasteiger charge is 2.31. The van der Waals surface area contributed by atoms with E-state index in [1.165, 1.54) is 12.1 Å². The van der Waals surface area contributed by atoms with Gasteiger partial charge in [-0.2, -0.15) is 24.9 Å². The van der Waals surface area contributed by atoms with Gasteiger partial charge in [-0.25, -0.2) is 0 Å². The fourth-order valence-corrected chi connectivity index (χ4v) is 3.41. The highest BCUT2D eigenvalue weighted by molar-refractivity contribution is 8.00. The molecule has 1 aromatic carbocycles. The van der Waals surface area contributed by atoms with Crippen molar-refractivity contribution in [2.45, 2.75) is 44.2 Å². The first-order chi connectivity index (χ1) is 8.88. The number of benzene rings is 1. The van der Waals surface area contributed by atoms with E-state index in [0.717, 1.165) is 30.2 Å². The minimum absolute atomic E-state index is 0.251. The molecule has 19 heavy (non-hydrogen) atoms. The van der Waals surface area contributed by atoms with Gasteiger partial charge < -0.3 is 5.32 Å². The van der Waals surface area contributed by atoms with Crippen LogP contribution in [0.2, 0.25) is 0 Å². The highest BCUT2D eigenvalue weighted by Crippen LogP contribution is 2.34. The number of thioether (sulfide) groups is 1. The second-order valence-corrected chi connectivity index (χ2v) is 6.48. The third-order valence-corrected chi connectivity index (χ3v) is 4.89. The van der Waals surface area contributed by atoms with E-state index in [1.54, 1.807) is 0 Å². The summed E-state index contributed by atoms with van der Waals surface area (Å²) >= 11 is 1.88. The van der Waals surface area contributed by atoms with Crippen molar-refractivity contribution in [1.82, 2.24) is 0 Å². The summed E-state index contributed by atoms with van der Waals surface area (Å²) in [5, 5.41) is 3.72. The van der Waals surface area contributed by atoms with Gasteiger partial charge in [0.1, 0.15) is 0 Å². The predicted octanol–water partition coefficient (Wildman–Crippen LogP) is 4.71. The summed E-state index contributed by atoms with van der Waals surface area (Å²) in [6, 6.07) is 4.15. The Morgan fingerprint density at radius 3 is 2.68 bits per heavy atom. The normalized spacial score (nSPS) is 24.3. The van der Waals surface area contributed by atoms with Crippen molar-refractivity contribution in [2.24, 2.45) is 0 Å². The maximum absolute atomic E-state index is 12.7. The number of alkyl halides is 3. The largest absolute Gasteiger partial charge is 0.416 e. The third kappa shape index (κ3) is 3.59. The van der Waals surface area contributed by atoms with E-state index in [2.05, 4.69) is 12.2 Å². The van der Waals surface area contributed by atoms with E-state index in [1.807, 2.05) is 18.7 Å². The molecule has 1 aromatic rings. The Morgan fingerprint density at radius 2 is 2.05 bits per heavy atom. The van der Waals surface area contributed by atoms with Gasteiger partial charge in [-0.15, -0.1) is 0 Å². The molecule has 0 aliphatic carbocycles. The second kappa shape index (κ2) is 5.65.